The molecule has 0 aliphatic heterocycles. The van der Waals surface area contributed by atoms with Crippen molar-refractivity contribution in [3.05, 3.63) is 46.7 Å². The van der Waals surface area contributed by atoms with E-state index in [0.29, 0.717) is 35.4 Å². The molecule has 0 saturated carbocycles. The molecule has 4 N–H and O–H groups in total. The monoisotopic (exact) mass is 412 g/mol. The highest BCUT2D eigenvalue weighted by molar-refractivity contribution is 7.15. The van der Waals surface area contributed by atoms with Gasteiger partial charge in [-0.15, -0.1) is 11.3 Å². The summed E-state index contributed by atoms with van der Waals surface area (Å²) < 4.78 is 5.24. The van der Waals surface area contributed by atoms with Crippen molar-refractivity contribution >= 4 is 45.4 Å². The maximum absolute atomic E-state index is 12.0. The first-order valence-electron chi connectivity index (χ1n) is 9.19. The standard InChI is InChI=1S/C20H24N6O2S/c1-11(2)9-28-19(27)14-5-7-15(8-6-14)25-17-16(21)18(23-10-22-17)26-20-24-12(3)13(4)29-20/h5-8,10-11H,9,21H2,1-4H3,(H2,22,23,24,25,26). The highest BCUT2D eigenvalue weighted by Gasteiger charge is 2.12. The minimum Gasteiger partial charge on any atom is -0.462 e. The van der Waals surface area contributed by atoms with E-state index in [2.05, 4.69) is 25.6 Å². The summed E-state index contributed by atoms with van der Waals surface area (Å²) in [4.78, 5) is 26.0. The highest BCUT2D eigenvalue weighted by Crippen LogP contribution is 2.30. The normalized spacial score (nSPS) is 10.8. The van der Waals surface area contributed by atoms with E-state index in [1.165, 1.54) is 17.7 Å². The Hall–Kier alpha value is -3.20. The van der Waals surface area contributed by atoms with Gasteiger partial charge in [0.05, 0.1) is 17.9 Å². The van der Waals surface area contributed by atoms with E-state index >= 15 is 0 Å². The predicted octanol–water partition coefficient (Wildman–Crippen LogP) is 4.43. The van der Waals surface area contributed by atoms with Gasteiger partial charge < -0.3 is 21.1 Å². The smallest absolute Gasteiger partial charge is 0.338 e. The van der Waals surface area contributed by atoms with Crippen LogP contribution in [0.3, 0.4) is 0 Å². The Kier molecular flexibility index (Phi) is 6.28. The number of hydrogen-bond donors (Lipinski definition) is 3. The summed E-state index contributed by atoms with van der Waals surface area (Å²) in [6, 6.07) is 6.94. The van der Waals surface area contributed by atoms with Gasteiger partial charge in [0.1, 0.15) is 12.0 Å². The molecule has 0 amide bonds. The average Bonchev–Trinajstić information content (AvgIpc) is 3.00. The predicted molar refractivity (Wildman–Crippen MR) is 116 cm³/mol. The lowest BCUT2D eigenvalue weighted by atomic mass is 10.2. The molecule has 3 aromatic rings. The molecule has 29 heavy (non-hydrogen) atoms. The van der Waals surface area contributed by atoms with Gasteiger partial charge in [-0.1, -0.05) is 13.8 Å². The molecule has 0 spiro atoms. The summed E-state index contributed by atoms with van der Waals surface area (Å²) >= 11 is 1.54. The second-order valence-electron chi connectivity index (χ2n) is 6.96. The third-order valence-corrected chi connectivity index (χ3v) is 5.06. The molecule has 0 saturated heterocycles. The van der Waals surface area contributed by atoms with Crippen molar-refractivity contribution in [2.24, 2.45) is 5.92 Å². The number of rotatable bonds is 7. The van der Waals surface area contributed by atoms with E-state index in [4.69, 9.17) is 10.5 Å². The minimum atomic E-state index is -0.340. The number of carbonyl (C=O) groups excluding carboxylic acids is 1. The molecule has 9 heteroatoms. The van der Waals surface area contributed by atoms with Crippen LogP contribution >= 0.6 is 11.3 Å². The molecule has 0 aliphatic rings. The number of benzene rings is 1. The van der Waals surface area contributed by atoms with Crippen LogP contribution in [0.1, 0.15) is 34.8 Å². The van der Waals surface area contributed by atoms with Crippen molar-refractivity contribution in [2.75, 3.05) is 23.0 Å². The lowest BCUT2D eigenvalue weighted by Gasteiger charge is -2.12. The number of thiazole rings is 1. The van der Waals surface area contributed by atoms with Crippen molar-refractivity contribution in [1.29, 1.82) is 0 Å². The molecule has 0 unspecified atom stereocenters. The van der Waals surface area contributed by atoms with Crippen LogP contribution in [0, 0.1) is 19.8 Å². The van der Waals surface area contributed by atoms with Gasteiger partial charge >= 0.3 is 5.97 Å². The number of aromatic nitrogens is 3. The van der Waals surface area contributed by atoms with Gasteiger partial charge in [-0.05, 0) is 44.0 Å². The fraction of sp³-hybridized carbons (Fsp3) is 0.300. The first-order chi connectivity index (χ1) is 13.8. The molecule has 0 fully saturated rings. The first kappa shape index (κ1) is 20.5. The maximum Gasteiger partial charge on any atom is 0.338 e. The van der Waals surface area contributed by atoms with Crippen molar-refractivity contribution in [3.8, 4) is 0 Å². The van der Waals surface area contributed by atoms with E-state index in [-0.39, 0.29) is 5.97 Å². The molecule has 2 aromatic heterocycles. The van der Waals surface area contributed by atoms with E-state index in [1.54, 1.807) is 24.3 Å². The molecule has 1 aromatic carbocycles. The topological polar surface area (TPSA) is 115 Å². The zero-order chi connectivity index (χ0) is 21.0. The van der Waals surface area contributed by atoms with Crippen molar-refractivity contribution < 1.29 is 9.53 Å². The number of esters is 1. The Bertz CT molecular complexity index is 981. The number of nitrogens with two attached hydrogens (primary N) is 1. The van der Waals surface area contributed by atoms with Crippen LogP contribution in [0.15, 0.2) is 30.6 Å². The Balaban J connectivity index is 1.71. The summed E-state index contributed by atoms with van der Waals surface area (Å²) in [6.45, 7) is 8.34. The van der Waals surface area contributed by atoms with Crippen molar-refractivity contribution in [3.63, 3.8) is 0 Å². The molecule has 2 heterocycles. The maximum atomic E-state index is 12.0. The van der Waals surface area contributed by atoms with Crippen LogP contribution in [0.5, 0.6) is 0 Å². The Morgan fingerprint density at radius 2 is 1.79 bits per heavy atom. The van der Waals surface area contributed by atoms with Gasteiger partial charge in [0.15, 0.2) is 16.8 Å². The van der Waals surface area contributed by atoms with Crippen LogP contribution < -0.4 is 16.4 Å². The number of carbonyl (C=O) groups is 1. The highest BCUT2D eigenvalue weighted by atomic mass is 32.1. The molecular weight excluding hydrogens is 388 g/mol. The van der Waals surface area contributed by atoms with Crippen molar-refractivity contribution in [2.45, 2.75) is 27.7 Å². The number of anilines is 5. The van der Waals surface area contributed by atoms with Crippen LogP contribution in [-0.2, 0) is 4.74 Å². The Morgan fingerprint density at radius 1 is 1.14 bits per heavy atom. The SMILES string of the molecule is Cc1nc(Nc2ncnc(Nc3ccc(C(=O)OCC(C)C)cc3)c2N)sc1C. The molecule has 3 rings (SSSR count). The zero-order valence-corrected chi connectivity index (χ0v) is 17.6. The molecule has 0 aliphatic carbocycles. The molecule has 0 bridgehead atoms. The average molecular weight is 413 g/mol. The molecule has 0 radical (unpaired) electrons. The van der Waals surface area contributed by atoms with Gasteiger partial charge in [0.2, 0.25) is 0 Å². The number of nitrogen functional groups attached to an aromatic ring is 1. The molecule has 8 nitrogen and oxygen atoms in total. The summed E-state index contributed by atoms with van der Waals surface area (Å²) in [6.07, 6.45) is 1.42. The van der Waals surface area contributed by atoms with E-state index in [0.717, 1.165) is 21.4 Å². The summed E-state index contributed by atoms with van der Waals surface area (Å²) in [5.41, 5.74) is 8.79. The van der Waals surface area contributed by atoms with E-state index < -0.39 is 0 Å². The van der Waals surface area contributed by atoms with Gasteiger partial charge in [0, 0.05) is 10.6 Å². The number of nitrogens with one attached hydrogen (secondary N) is 2. The number of hydrogen-bond acceptors (Lipinski definition) is 9. The third-order valence-electron chi connectivity index (χ3n) is 4.07. The molecule has 152 valence electrons. The quantitative estimate of drug-likeness (QED) is 0.488. The van der Waals surface area contributed by atoms with E-state index in [1.807, 2.05) is 27.7 Å². The molecule has 0 atom stereocenters. The summed E-state index contributed by atoms with van der Waals surface area (Å²) in [7, 11) is 0. The number of ether oxygens (including phenoxy) is 1. The largest absolute Gasteiger partial charge is 0.462 e. The van der Waals surface area contributed by atoms with Gasteiger partial charge in [-0.2, -0.15) is 0 Å². The number of aryl methyl sites for hydroxylation is 2. The van der Waals surface area contributed by atoms with Gasteiger partial charge in [-0.25, -0.2) is 19.7 Å². The van der Waals surface area contributed by atoms with Crippen LogP contribution in [0.4, 0.5) is 28.1 Å². The number of nitrogens with zero attached hydrogens (tertiary/aromatic N) is 3. The minimum absolute atomic E-state index is 0.292. The lowest BCUT2D eigenvalue weighted by molar-refractivity contribution is 0.0459. The lowest BCUT2D eigenvalue weighted by Crippen LogP contribution is -2.10. The summed E-state index contributed by atoms with van der Waals surface area (Å²) in [5, 5.41) is 7.01. The van der Waals surface area contributed by atoms with Gasteiger partial charge in [-0.3, -0.25) is 0 Å². The Morgan fingerprint density at radius 3 is 2.38 bits per heavy atom. The van der Waals surface area contributed by atoms with Crippen LogP contribution in [-0.4, -0.2) is 27.5 Å². The Labute approximate surface area is 173 Å². The van der Waals surface area contributed by atoms with E-state index in [9.17, 15) is 4.79 Å². The third kappa shape index (κ3) is 5.20. The second-order valence-corrected chi connectivity index (χ2v) is 8.17. The van der Waals surface area contributed by atoms with Gasteiger partial charge in [0.25, 0.3) is 0 Å². The zero-order valence-electron chi connectivity index (χ0n) is 16.8. The fourth-order valence-corrected chi connectivity index (χ4v) is 3.19. The first-order valence-corrected chi connectivity index (χ1v) is 10.0. The second kappa shape index (κ2) is 8.87. The van der Waals surface area contributed by atoms with Crippen LogP contribution in [0.2, 0.25) is 0 Å². The fourth-order valence-electron chi connectivity index (χ4n) is 2.37. The van der Waals surface area contributed by atoms with Crippen molar-refractivity contribution in [1.82, 2.24) is 15.0 Å². The van der Waals surface area contributed by atoms with Crippen LogP contribution in [0.25, 0.3) is 0 Å². The summed E-state index contributed by atoms with van der Waals surface area (Å²) in [5.74, 6) is 0.890. The molecular formula is C20H24N6O2S.